The predicted octanol–water partition coefficient (Wildman–Crippen LogP) is 5.81. The zero-order chi connectivity index (χ0) is 25.0. The molecule has 7 heteroatoms. The van der Waals surface area contributed by atoms with Gasteiger partial charge in [0.05, 0.1) is 0 Å². The van der Waals surface area contributed by atoms with Gasteiger partial charge < -0.3 is 10.1 Å². The largest absolute Gasteiger partial charge is 0.573 e. The predicted molar refractivity (Wildman–Crippen MR) is 129 cm³/mol. The molecule has 3 aromatic carbocycles. The molecule has 0 unspecified atom stereocenters. The molecular weight excluding hydrogens is 453 g/mol. The summed E-state index contributed by atoms with van der Waals surface area (Å²) in [5.41, 5.74) is 6.73. The molecule has 0 heterocycles. The lowest BCUT2D eigenvalue weighted by atomic mass is 9.82. The fourth-order valence-corrected chi connectivity index (χ4v) is 4.72. The van der Waals surface area contributed by atoms with E-state index < -0.39 is 6.36 Å². The number of benzene rings is 3. The minimum Gasteiger partial charge on any atom is -0.406 e. The molecule has 1 aliphatic rings. The average molecular weight is 483 g/mol. The summed E-state index contributed by atoms with van der Waals surface area (Å²) in [4.78, 5) is 15.1. The summed E-state index contributed by atoms with van der Waals surface area (Å²) < 4.78 is 41.0. The van der Waals surface area contributed by atoms with Gasteiger partial charge in [0.25, 0.3) is 5.91 Å². The van der Waals surface area contributed by atoms with Crippen LogP contribution in [0.2, 0.25) is 0 Å². The van der Waals surface area contributed by atoms with E-state index in [1.807, 2.05) is 18.2 Å². The van der Waals surface area contributed by atoms with Gasteiger partial charge in [0.2, 0.25) is 0 Å². The number of fused-ring (bicyclic) bond motifs is 1. The van der Waals surface area contributed by atoms with Crippen molar-refractivity contribution in [3.05, 3.63) is 100 Å². The summed E-state index contributed by atoms with van der Waals surface area (Å²) >= 11 is 0. The Balaban J connectivity index is 1.43. The first-order valence-corrected chi connectivity index (χ1v) is 11.7. The van der Waals surface area contributed by atoms with Crippen molar-refractivity contribution in [3.63, 3.8) is 0 Å². The molecule has 0 aromatic heterocycles. The summed E-state index contributed by atoms with van der Waals surface area (Å²) in [5, 5.41) is 3.07. The summed E-state index contributed by atoms with van der Waals surface area (Å²) in [6, 6.07) is 19.7. The highest BCUT2D eigenvalue weighted by Gasteiger charge is 2.31. The maximum Gasteiger partial charge on any atom is 0.573 e. The summed E-state index contributed by atoms with van der Waals surface area (Å²) in [6.45, 7) is 3.77. The number of nitrogens with zero attached hydrogens (tertiary/aromatic N) is 1. The Morgan fingerprint density at radius 2 is 1.71 bits per heavy atom. The van der Waals surface area contributed by atoms with Gasteiger partial charge in [0.15, 0.2) is 0 Å². The molecule has 1 amide bonds. The second-order valence-corrected chi connectivity index (χ2v) is 9.14. The van der Waals surface area contributed by atoms with Crippen LogP contribution in [0.25, 0.3) is 0 Å². The van der Waals surface area contributed by atoms with Gasteiger partial charge >= 0.3 is 6.36 Å². The fourth-order valence-electron chi connectivity index (χ4n) is 4.72. The number of halogens is 3. The Hall–Kier alpha value is -3.32. The third-order valence-corrected chi connectivity index (χ3v) is 6.38. The Morgan fingerprint density at radius 3 is 2.40 bits per heavy atom. The second-order valence-electron chi connectivity index (χ2n) is 9.14. The molecule has 35 heavy (non-hydrogen) atoms. The molecule has 0 saturated carbocycles. The summed E-state index contributed by atoms with van der Waals surface area (Å²) in [7, 11) is 2.10. The van der Waals surface area contributed by atoms with Gasteiger partial charge in [0.1, 0.15) is 5.75 Å². The van der Waals surface area contributed by atoms with Crippen LogP contribution in [0.4, 0.5) is 13.2 Å². The van der Waals surface area contributed by atoms with Crippen LogP contribution in [0, 0.1) is 6.92 Å². The van der Waals surface area contributed by atoms with Crippen LogP contribution in [0.5, 0.6) is 5.75 Å². The van der Waals surface area contributed by atoms with Gasteiger partial charge in [-0.05, 0) is 85.3 Å². The smallest absolute Gasteiger partial charge is 0.406 e. The number of carbonyl (C=O) groups excluding carboxylic acids is 1. The number of aryl methyl sites for hydroxylation is 1. The van der Waals surface area contributed by atoms with Crippen molar-refractivity contribution in [2.45, 2.75) is 51.7 Å². The van der Waals surface area contributed by atoms with Crippen LogP contribution < -0.4 is 10.1 Å². The van der Waals surface area contributed by atoms with Crippen molar-refractivity contribution in [3.8, 4) is 5.75 Å². The van der Waals surface area contributed by atoms with E-state index >= 15 is 0 Å². The van der Waals surface area contributed by atoms with Crippen molar-refractivity contribution in [2.75, 3.05) is 7.05 Å². The monoisotopic (exact) mass is 482 g/mol. The normalized spacial score (nSPS) is 15.5. The van der Waals surface area contributed by atoms with Crippen molar-refractivity contribution in [1.29, 1.82) is 0 Å². The van der Waals surface area contributed by atoms with Gasteiger partial charge in [-0.2, -0.15) is 0 Å². The molecule has 3 aromatic rings. The van der Waals surface area contributed by atoms with Crippen LogP contribution in [0.15, 0.2) is 66.7 Å². The van der Waals surface area contributed by atoms with E-state index in [2.05, 4.69) is 53.2 Å². The van der Waals surface area contributed by atoms with Gasteiger partial charge in [-0.1, -0.05) is 42.5 Å². The Morgan fingerprint density at radius 1 is 1.00 bits per heavy atom. The number of alkyl halides is 3. The first-order chi connectivity index (χ1) is 16.7. The van der Waals surface area contributed by atoms with E-state index in [1.54, 1.807) is 0 Å². The van der Waals surface area contributed by atoms with E-state index in [0.717, 1.165) is 44.5 Å². The number of amides is 1. The maximum atomic E-state index is 12.8. The van der Waals surface area contributed by atoms with Crippen molar-refractivity contribution in [1.82, 2.24) is 10.2 Å². The third kappa shape index (κ3) is 6.63. The van der Waals surface area contributed by atoms with Crippen LogP contribution >= 0.6 is 0 Å². The number of hydrogen-bond donors (Lipinski definition) is 1. The first-order valence-electron chi connectivity index (χ1n) is 11.7. The molecule has 0 aliphatic heterocycles. The molecule has 184 valence electrons. The molecule has 4 rings (SSSR count). The van der Waals surface area contributed by atoms with Gasteiger partial charge in [-0.15, -0.1) is 13.2 Å². The summed E-state index contributed by atoms with van der Waals surface area (Å²) in [5.74, 6) is -0.646. The molecule has 0 bridgehead atoms. The standard InChI is InChI=1S/C28H29F3N2O2/c1-19-8-9-22(18-33(2)17-20-6-4-3-5-7-20)26-16-23(12-15-25(19)26)32-27(34)21-10-13-24(14-11-21)35-28(29,30)31/h3-11,13-14,23H,12,15-18H2,1-2H3,(H,32,34)/t23-/m1/s1. The Kier molecular flexibility index (Phi) is 7.45. The van der Waals surface area contributed by atoms with Crippen molar-refractivity contribution < 1.29 is 22.7 Å². The number of nitrogens with one attached hydrogen (secondary N) is 1. The van der Waals surface area contributed by atoms with Gasteiger partial charge in [-0.3, -0.25) is 9.69 Å². The van der Waals surface area contributed by atoms with E-state index in [1.165, 1.54) is 39.9 Å². The number of ether oxygens (including phenoxy) is 1. The SMILES string of the molecule is Cc1ccc(CN(C)Cc2ccccc2)c2c1CC[C@@H](NC(=O)c1ccc(OC(F)(F)F)cc1)C2. The Labute approximate surface area is 203 Å². The van der Waals surface area contributed by atoms with Crippen LogP contribution in [-0.2, 0) is 25.9 Å². The topological polar surface area (TPSA) is 41.6 Å². The lowest BCUT2D eigenvalue weighted by Crippen LogP contribution is -2.39. The zero-order valence-electron chi connectivity index (χ0n) is 19.9. The molecule has 0 fully saturated rings. The highest BCUT2D eigenvalue weighted by Crippen LogP contribution is 2.29. The van der Waals surface area contributed by atoms with Crippen molar-refractivity contribution in [2.24, 2.45) is 0 Å². The zero-order valence-corrected chi connectivity index (χ0v) is 19.9. The lowest BCUT2D eigenvalue weighted by Gasteiger charge is -2.30. The molecule has 4 nitrogen and oxygen atoms in total. The van der Waals surface area contributed by atoms with Gasteiger partial charge in [0, 0.05) is 24.7 Å². The third-order valence-electron chi connectivity index (χ3n) is 6.38. The molecule has 0 spiro atoms. The minimum absolute atomic E-state index is 0.0407. The van der Waals surface area contributed by atoms with Crippen LogP contribution in [0.1, 0.15) is 44.6 Å². The average Bonchev–Trinajstić information content (AvgIpc) is 2.81. The van der Waals surface area contributed by atoms with E-state index in [9.17, 15) is 18.0 Å². The molecular formula is C28H29F3N2O2. The number of hydrogen-bond acceptors (Lipinski definition) is 3. The lowest BCUT2D eigenvalue weighted by molar-refractivity contribution is -0.274. The number of carbonyl (C=O) groups is 1. The second kappa shape index (κ2) is 10.5. The van der Waals surface area contributed by atoms with Crippen LogP contribution in [-0.4, -0.2) is 30.3 Å². The van der Waals surface area contributed by atoms with E-state index in [-0.39, 0.29) is 17.7 Å². The fraction of sp³-hybridized carbons (Fsp3) is 0.321. The van der Waals surface area contributed by atoms with E-state index in [0.29, 0.717) is 5.56 Å². The first kappa shape index (κ1) is 24.8. The molecule has 1 atom stereocenters. The van der Waals surface area contributed by atoms with E-state index in [4.69, 9.17) is 0 Å². The summed E-state index contributed by atoms with van der Waals surface area (Å²) in [6.07, 6.45) is -2.34. The molecule has 1 aliphatic carbocycles. The Bertz CT molecular complexity index is 1160. The minimum atomic E-state index is -4.76. The molecule has 0 radical (unpaired) electrons. The van der Waals surface area contributed by atoms with Crippen LogP contribution in [0.3, 0.4) is 0 Å². The van der Waals surface area contributed by atoms with Gasteiger partial charge in [-0.25, -0.2) is 0 Å². The molecule has 1 N–H and O–H groups in total. The van der Waals surface area contributed by atoms with Crippen molar-refractivity contribution >= 4 is 5.91 Å². The number of rotatable bonds is 7. The molecule has 0 saturated heterocycles. The maximum absolute atomic E-state index is 12.8. The highest BCUT2D eigenvalue weighted by atomic mass is 19.4. The quantitative estimate of drug-likeness (QED) is 0.462. The highest BCUT2D eigenvalue weighted by molar-refractivity contribution is 5.94.